The zero-order chi connectivity index (χ0) is 12.1. The Hall–Kier alpha value is -1.12. The van der Waals surface area contributed by atoms with Gasteiger partial charge in [0.2, 0.25) is 0 Å². The summed E-state index contributed by atoms with van der Waals surface area (Å²) in [4.78, 5) is 11.4. The molecule has 3 nitrogen and oxygen atoms in total. The maximum Gasteiger partial charge on any atom is 0.135 e. The van der Waals surface area contributed by atoms with Gasteiger partial charge >= 0.3 is 0 Å². The molecule has 0 saturated heterocycles. The summed E-state index contributed by atoms with van der Waals surface area (Å²) >= 11 is 0. The quantitative estimate of drug-likeness (QED) is 0.765. The van der Waals surface area contributed by atoms with Crippen LogP contribution in [-0.2, 0) is 19.3 Å². The molecule has 0 aromatic carbocycles. The predicted octanol–water partition coefficient (Wildman–Crippen LogP) is 2.62. The lowest BCUT2D eigenvalue weighted by Crippen LogP contribution is -2.17. The highest BCUT2D eigenvalue weighted by Gasteiger charge is 2.13. The fourth-order valence-electron chi connectivity index (χ4n) is 1.89. The van der Waals surface area contributed by atoms with Crippen LogP contribution < -0.4 is 4.90 Å². The SMILES string of the molecule is CCCc1c(CC)nc(CC)nc1N(C)C. The Kier molecular flexibility index (Phi) is 4.71. The normalized spacial score (nSPS) is 10.6. The highest BCUT2D eigenvalue weighted by Crippen LogP contribution is 2.21. The van der Waals surface area contributed by atoms with Gasteiger partial charge in [-0.2, -0.15) is 0 Å². The third kappa shape index (κ3) is 2.71. The zero-order valence-electron chi connectivity index (χ0n) is 11.2. The van der Waals surface area contributed by atoms with Gasteiger partial charge in [0.15, 0.2) is 0 Å². The molecule has 0 spiro atoms. The largest absolute Gasteiger partial charge is 0.362 e. The third-order valence-corrected chi connectivity index (χ3v) is 2.69. The first-order chi connectivity index (χ1) is 7.63. The summed E-state index contributed by atoms with van der Waals surface area (Å²) in [6.45, 7) is 6.47. The molecular formula is C13H23N3. The lowest BCUT2D eigenvalue weighted by atomic mass is 10.1. The fourth-order valence-corrected chi connectivity index (χ4v) is 1.89. The van der Waals surface area contributed by atoms with Crippen LogP contribution in [0.2, 0.25) is 0 Å². The van der Waals surface area contributed by atoms with Crippen molar-refractivity contribution in [2.24, 2.45) is 0 Å². The number of aromatic nitrogens is 2. The van der Waals surface area contributed by atoms with Crippen molar-refractivity contribution in [1.82, 2.24) is 9.97 Å². The smallest absolute Gasteiger partial charge is 0.135 e. The summed E-state index contributed by atoms with van der Waals surface area (Å²) in [5.41, 5.74) is 2.55. The van der Waals surface area contributed by atoms with Crippen LogP contribution >= 0.6 is 0 Å². The summed E-state index contributed by atoms with van der Waals surface area (Å²) in [5.74, 6) is 2.06. The van der Waals surface area contributed by atoms with Gasteiger partial charge < -0.3 is 4.90 Å². The summed E-state index contributed by atoms with van der Waals surface area (Å²) in [7, 11) is 4.11. The molecule has 1 rings (SSSR count). The zero-order valence-corrected chi connectivity index (χ0v) is 11.2. The molecule has 0 fully saturated rings. The fraction of sp³-hybridized carbons (Fsp3) is 0.692. The Morgan fingerprint density at radius 3 is 2.12 bits per heavy atom. The van der Waals surface area contributed by atoms with Crippen molar-refractivity contribution in [2.45, 2.75) is 46.5 Å². The predicted molar refractivity (Wildman–Crippen MR) is 69.1 cm³/mol. The van der Waals surface area contributed by atoms with Gasteiger partial charge in [0.05, 0.1) is 0 Å². The van der Waals surface area contributed by atoms with E-state index in [1.54, 1.807) is 0 Å². The van der Waals surface area contributed by atoms with Gasteiger partial charge in [0.25, 0.3) is 0 Å². The summed E-state index contributed by atoms with van der Waals surface area (Å²) < 4.78 is 0. The molecule has 0 amide bonds. The molecule has 1 aromatic rings. The second kappa shape index (κ2) is 5.83. The highest BCUT2D eigenvalue weighted by atomic mass is 15.2. The Bertz CT molecular complexity index is 345. The Morgan fingerprint density at radius 1 is 1.00 bits per heavy atom. The van der Waals surface area contributed by atoms with Crippen molar-refractivity contribution >= 4 is 5.82 Å². The minimum atomic E-state index is 0.903. The van der Waals surface area contributed by atoms with E-state index in [1.165, 1.54) is 11.3 Å². The van der Waals surface area contributed by atoms with Crippen molar-refractivity contribution in [3.05, 3.63) is 17.1 Å². The van der Waals surface area contributed by atoms with E-state index in [0.717, 1.165) is 37.3 Å². The van der Waals surface area contributed by atoms with Crippen LogP contribution in [0.4, 0.5) is 5.82 Å². The van der Waals surface area contributed by atoms with Crippen LogP contribution in [0.5, 0.6) is 0 Å². The van der Waals surface area contributed by atoms with Gasteiger partial charge in [0, 0.05) is 31.8 Å². The van der Waals surface area contributed by atoms with Gasteiger partial charge in [0.1, 0.15) is 11.6 Å². The minimum Gasteiger partial charge on any atom is -0.362 e. The number of hydrogen-bond donors (Lipinski definition) is 0. The summed E-state index contributed by atoms with van der Waals surface area (Å²) in [6.07, 6.45) is 4.11. The van der Waals surface area contributed by atoms with E-state index in [1.807, 2.05) is 0 Å². The molecular weight excluding hydrogens is 198 g/mol. The molecule has 0 bridgehead atoms. The Balaban J connectivity index is 3.29. The molecule has 1 heterocycles. The second-order valence-corrected chi connectivity index (χ2v) is 4.24. The van der Waals surface area contributed by atoms with Crippen molar-refractivity contribution in [3.63, 3.8) is 0 Å². The molecule has 3 heteroatoms. The van der Waals surface area contributed by atoms with Crippen LogP contribution in [0.3, 0.4) is 0 Å². The third-order valence-electron chi connectivity index (χ3n) is 2.69. The Morgan fingerprint density at radius 2 is 1.69 bits per heavy atom. The van der Waals surface area contributed by atoms with Crippen molar-refractivity contribution in [1.29, 1.82) is 0 Å². The van der Waals surface area contributed by atoms with Gasteiger partial charge in [-0.25, -0.2) is 9.97 Å². The molecule has 16 heavy (non-hydrogen) atoms. The van der Waals surface area contributed by atoms with Crippen LogP contribution in [0.25, 0.3) is 0 Å². The van der Waals surface area contributed by atoms with E-state index < -0.39 is 0 Å². The standard InChI is InChI=1S/C13H23N3/c1-6-9-10-11(7-2)14-12(8-3)15-13(10)16(4)5/h6-9H2,1-5H3. The number of hydrogen-bond acceptors (Lipinski definition) is 3. The molecule has 0 unspecified atom stereocenters. The van der Waals surface area contributed by atoms with Crippen LogP contribution in [0.1, 0.15) is 44.3 Å². The van der Waals surface area contributed by atoms with E-state index in [0.29, 0.717) is 0 Å². The van der Waals surface area contributed by atoms with E-state index >= 15 is 0 Å². The van der Waals surface area contributed by atoms with Crippen molar-refractivity contribution in [2.75, 3.05) is 19.0 Å². The second-order valence-electron chi connectivity index (χ2n) is 4.24. The molecule has 0 aliphatic carbocycles. The highest BCUT2D eigenvalue weighted by molar-refractivity contribution is 5.48. The van der Waals surface area contributed by atoms with Gasteiger partial charge in [-0.15, -0.1) is 0 Å². The first-order valence-corrected chi connectivity index (χ1v) is 6.19. The van der Waals surface area contributed by atoms with Gasteiger partial charge in [-0.05, 0) is 12.8 Å². The maximum atomic E-state index is 4.63. The van der Waals surface area contributed by atoms with E-state index in [-0.39, 0.29) is 0 Å². The van der Waals surface area contributed by atoms with Gasteiger partial charge in [-0.3, -0.25) is 0 Å². The van der Waals surface area contributed by atoms with E-state index in [2.05, 4.69) is 49.7 Å². The number of nitrogens with zero attached hydrogens (tertiary/aromatic N) is 3. The van der Waals surface area contributed by atoms with E-state index in [9.17, 15) is 0 Å². The summed E-state index contributed by atoms with van der Waals surface area (Å²) in [5, 5.41) is 0. The Labute approximate surface area is 98.9 Å². The molecule has 0 atom stereocenters. The monoisotopic (exact) mass is 221 g/mol. The molecule has 1 aromatic heterocycles. The number of rotatable bonds is 5. The maximum absolute atomic E-state index is 4.63. The molecule has 0 radical (unpaired) electrons. The van der Waals surface area contributed by atoms with Crippen LogP contribution in [0.15, 0.2) is 0 Å². The summed E-state index contributed by atoms with van der Waals surface area (Å²) in [6, 6.07) is 0. The van der Waals surface area contributed by atoms with Crippen LogP contribution in [-0.4, -0.2) is 24.1 Å². The molecule has 0 aliphatic rings. The minimum absolute atomic E-state index is 0.903. The van der Waals surface area contributed by atoms with Crippen molar-refractivity contribution in [3.8, 4) is 0 Å². The van der Waals surface area contributed by atoms with E-state index in [4.69, 9.17) is 0 Å². The van der Waals surface area contributed by atoms with Crippen molar-refractivity contribution < 1.29 is 0 Å². The molecule has 0 N–H and O–H groups in total. The molecule has 0 aliphatic heterocycles. The van der Waals surface area contributed by atoms with Crippen LogP contribution in [0, 0.1) is 0 Å². The topological polar surface area (TPSA) is 29.0 Å². The lowest BCUT2D eigenvalue weighted by Gasteiger charge is -2.19. The molecule has 0 saturated carbocycles. The lowest BCUT2D eigenvalue weighted by molar-refractivity contribution is 0.809. The first-order valence-electron chi connectivity index (χ1n) is 6.19. The van der Waals surface area contributed by atoms with Gasteiger partial charge in [-0.1, -0.05) is 27.2 Å². The average molecular weight is 221 g/mol. The number of anilines is 1. The number of aryl methyl sites for hydroxylation is 2. The first kappa shape index (κ1) is 12.9. The molecule has 90 valence electrons. The average Bonchev–Trinajstić information content (AvgIpc) is 2.29.